The number of benzene rings is 3. The minimum absolute atomic E-state index is 0. The second-order valence-electron chi connectivity index (χ2n) is 7.36. The molecule has 0 amide bonds. The van der Waals surface area contributed by atoms with E-state index in [0.29, 0.717) is 0 Å². The van der Waals surface area contributed by atoms with Crippen molar-refractivity contribution in [1.29, 1.82) is 0 Å². The first-order valence-electron chi connectivity index (χ1n) is 10.5. The normalized spacial score (nSPS) is 9.85. The van der Waals surface area contributed by atoms with Crippen molar-refractivity contribution in [2.75, 3.05) is 0 Å². The zero-order valence-corrected chi connectivity index (χ0v) is 20.8. The van der Waals surface area contributed by atoms with E-state index in [1.807, 2.05) is 77.6 Å². The van der Waals surface area contributed by atoms with Crippen molar-refractivity contribution in [1.82, 2.24) is 4.98 Å². The zero-order chi connectivity index (χ0) is 22.2. The molecule has 0 N–H and O–H groups in total. The topological polar surface area (TPSA) is 16.8 Å². The predicted molar refractivity (Wildman–Crippen MR) is 130 cm³/mol. The molecule has 3 heteroatoms. The van der Waals surface area contributed by atoms with Gasteiger partial charge in [-0.1, -0.05) is 47.5 Å². The molecule has 5 aromatic rings. The van der Waals surface area contributed by atoms with Gasteiger partial charge in [0.1, 0.15) is 5.69 Å². The van der Waals surface area contributed by atoms with E-state index in [4.69, 9.17) is 0 Å². The summed E-state index contributed by atoms with van der Waals surface area (Å²) in [6.45, 7) is 2.06. The van der Waals surface area contributed by atoms with Crippen LogP contribution in [-0.2, 0) is 20.1 Å². The molecular weight excluding hydrogens is 581 g/mol. The monoisotopic (exact) mass is 605 g/mol. The quantitative estimate of drug-likeness (QED) is 0.168. The van der Waals surface area contributed by atoms with E-state index >= 15 is 0 Å². The maximum absolute atomic E-state index is 4.32. The van der Waals surface area contributed by atoms with Crippen LogP contribution >= 0.6 is 0 Å². The Balaban J connectivity index is 0.000000192. The maximum atomic E-state index is 4.32. The standard InChI is InChI=1S/C18H14N.C12H10N.Ir/c1-19-13-12-17(15-8-4-2-5-9-15)14-18(19)16-10-6-3-7-11-16;1-10-6-5-9-13-12(10)11-7-3-2-4-8-11;/h2-10,12-14H,1H2;2-7,9H,1H3;/q2*-1;+3. The summed E-state index contributed by atoms with van der Waals surface area (Å²) in [6.07, 6.45) is 3.79. The average Bonchev–Trinajstić information content (AvgIpc) is 2.87. The van der Waals surface area contributed by atoms with Gasteiger partial charge in [-0.05, 0) is 41.9 Å². The van der Waals surface area contributed by atoms with Crippen LogP contribution in [0.4, 0.5) is 0 Å². The minimum Gasteiger partial charge on any atom is -0.321 e. The van der Waals surface area contributed by atoms with Crippen molar-refractivity contribution in [2.45, 2.75) is 6.92 Å². The summed E-state index contributed by atoms with van der Waals surface area (Å²) < 4.78 is 1.87. The Morgan fingerprint density at radius 2 is 1.39 bits per heavy atom. The number of nitrogens with zero attached hydrogens (tertiary/aromatic N) is 2. The first-order valence-corrected chi connectivity index (χ1v) is 10.5. The van der Waals surface area contributed by atoms with Crippen molar-refractivity contribution < 1.29 is 24.7 Å². The van der Waals surface area contributed by atoms with Gasteiger partial charge in [-0.3, -0.25) is 0 Å². The molecule has 0 aliphatic heterocycles. The summed E-state index contributed by atoms with van der Waals surface area (Å²) in [7, 11) is 4.03. The predicted octanol–water partition coefficient (Wildman–Crippen LogP) is 6.60. The molecule has 2 nitrogen and oxygen atoms in total. The Bertz CT molecular complexity index is 1270. The van der Waals surface area contributed by atoms with Gasteiger partial charge in [0, 0.05) is 13.2 Å². The number of aryl methyl sites for hydroxylation is 1. The van der Waals surface area contributed by atoms with Gasteiger partial charge in [0.25, 0.3) is 0 Å². The third-order valence-electron chi connectivity index (χ3n) is 5.10. The van der Waals surface area contributed by atoms with Gasteiger partial charge in [-0.15, -0.1) is 66.2 Å². The Morgan fingerprint density at radius 1 is 0.727 bits per heavy atom. The molecule has 5 rings (SSSR count). The smallest absolute Gasteiger partial charge is 0.321 e. The van der Waals surface area contributed by atoms with Crippen molar-refractivity contribution in [3.63, 3.8) is 0 Å². The van der Waals surface area contributed by atoms with Gasteiger partial charge in [0.05, 0.1) is 6.20 Å². The van der Waals surface area contributed by atoms with Crippen molar-refractivity contribution in [3.8, 4) is 33.6 Å². The fourth-order valence-corrected chi connectivity index (χ4v) is 3.43. The number of rotatable bonds is 3. The third kappa shape index (κ3) is 6.26. The van der Waals surface area contributed by atoms with Gasteiger partial charge in [0.15, 0.2) is 0 Å². The van der Waals surface area contributed by atoms with Crippen LogP contribution in [0.3, 0.4) is 0 Å². The maximum Gasteiger partial charge on any atom is 3.00 e. The molecule has 0 saturated heterocycles. The van der Waals surface area contributed by atoms with E-state index in [-0.39, 0.29) is 20.1 Å². The summed E-state index contributed by atoms with van der Waals surface area (Å²) in [5, 5.41) is 0. The van der Waals surface area contributed by atoms with E-state index in [9.17, 15) is 0 Å². The van der Waals surface area contributed by atoms with Crippen molar-refractivity contribution >= 4 is 0 Å². The molecule has 2 heterocycles. The molecule has 0 bridgehead atoms. The van der Waals surface area contributed by atoms with Gasteiger partial charge in [-0.25, -0.2) is 0 Å². The molecular formula is C30H24IrN2+. The third-order valence-corrected chi connectivity index (χ3v) is 5.10. The van der Waals surface area contributed by atoms with Crippen LogP contribution < -0.4 is 4.57 Å². The Morgan fingerprint density at radius 3 is 2.03 bits per heavy atom. The number of hydrogen-bond donors (Lipinski definition) is 0. The summed E-state index contributed by atoms with van der Waals surface area (Å²) in [5.74, 6) is 0. The van der Waals surface area contributed by atoms with Crippen molar-refractivity contribution in [3.05, 3.63) is 140 Å². The molecule has 3 aromatic carbocycles. The SMILES string of the molecule is Cc1cccnc1-c1[c-]cccc1.[CH2-][n+]1ccc(-c2ccccc2)cc1-c1[c-]cccc1.[Ir+3]. The van der Waals surface area contributed by atoms with E-state index in [1.54, 1.807) is 0 Å². The van der Waals surface area contributed by atoms with E-state index < -0.39 is 0 Å². The molecule has 33 heavy (non-hydrogen) atoms. The molecule has 162 valence electrons. The summed E-state index contributed by atoms with van der Waals surface area (Å²) in [6, 6.07) is 40.8. The molecule has 0 spiro atoms. The van der Waals surface area contributed by atoms with Crippen LogP contribution in [0.2, 0.25) is 0 Å². The second kappa shape index (κ2) is 11.9. The molecule has 0 aliphatic rings. The van der Waals surface area contributed by atoms with Crippen LogP contribution in [0.1, 0.15) is 5.56 Å². The molecule has 0 saturated carbocycles. The van der Waals surface area contributed by atoms with Gasteiger partial charge < -0.3 is 9.55 Å². The molecule has 0 atom stereocenters. The second-order valence-corrected chi connectivity index (χ2v) is 7.36. The number of pyridine rings is 2. The summed E-state index contributed by atoms with van der Waals surface area (Å²) in [5.41, 5.74) is 7.76. The van der Waals surface area contributed by atoms with Crippen LogP contribution in [0.15, 0.2) is 116 Å². The molecule has 0 unspecified atom stereocenters. The Hall–Kier alpha value is -3.52. The van der Waals surface area contributed by atoms with Crippen molar-refractivity contribution in [2.24, 2.45) is 0 Å². The van der Waals surface area contributed by atoms with Crippen LogP contribution in [0.5, 0.6) is 0 Å². The van der Waals surface area contributed by atoms with Crippen LogP contribution in [-0.4, -0.2) is 4.98 Å². The molecule has 0 radical (unpaired) electrons. The largest absolute Gasteiger partial charge is 3.00 e. The van der Waals surface area contributed by atoms with Crippen LogP contribution in [0, 0.1) is 26.1 Å². The number of aromatic nitrogens is 2. The first kappa shape index (κ1) is 24.1. The van der Waals surface area contributed by atoms with Gasteiger partial charge in [0.2, 0.25) is 0 Å². The zero-order valence-electron chi connectivity index (χ0n) is 18.4. The Labute approximate surface area is 210 Å². The Kier molecular flexibility index (Phi) is 8.71. The fourth-order valence-electron chi connectivity index (χ4n) is 3.43. The molecule has 2 aromatic heterocycles. The van der Waals surface area contributed by atoms with Gasteiger partial charge in [-0.2, -0.15) is 0 Å². The van der Waals surface area contributed by atoms with Gasteiger partial charge >= 0.3 is 20.1 Å². The fraction of sp³-hybridized carbons (Fsp3) is 0.0333. The van der Waals surface area contributed by atoms with E-state index in [0.717, 1.165) is 22.5 Å². The van der Waals surface area contributed by atoms with Crippen LogP contribution in [0.25, 0.3) is 33.6 Å². The summed E-state index contributed by atoms with van der Waals surface area (Å²) in [4.78, 5) is 4.32. The molecule has 0 aliphatic carbocycles. The van der Waals surface area contributed by atoms with E-state index in [1.165, 1.54) is 16.7 Å². The summed E-state index contributed by atoms with van der Waals surface area (Å²) >= 11 is 0. The molecule has 0 fully saturated rings. The number of hydrogen-bond acceptors (Lipinski definition) is 1. The first-order chi connectivity index (χ1) is 15.7. The average molecular weight is 605 g/mol. The van der Waals surface area contributed by atoms with E-state index in [2.05, 4.69) is 73.6 Å². The minimum atomic E-state index is 0.